The number of rotatable bonds is 13. The van der Waals surface area contributed by atoms with E-state index >= 15 is 0 Å². The lowest BCUT2D eigenvalue weighted by Crippen LogP contribution is -2.16. The molecule has 0 fully saturated rings. The molecule has 5 rings (SSSR count). The van der Waals surface area contributed by atoms with Gasteiger partial charge in [0.1, 0.15) is 41.8 Å². The van der Waals surface area contributed by atoms with Gasteiger partial charge in [-0.1, -0.05) is 23.7 Å². The summed E-state index contributed by atoms with van der Waals surface area (Å²) in [4.78, 5) is 13.4. The first-order chi connectivity index (χ1) is 19.6. The zero-order valence-electron chi connectivity index (χ0n) is 21.5. The second-order valence-corrected chi connectivity index (χ2v) is 9.83. The molecule has 11 heteroatoms. The second kappa shape index (κ2) is 13.6. The van der Waals surface area contributed by atoms with Gasteiger partial charge >= 0.3 is 0 Å². The summed E-state index contributed by atoms with van der Waals surface area (Å²) in [6.45, 7) is 1.55. The van der Waals surface area contributed by atoms with E-state index in [0.29, 0.717) is 28.7 Å². The summed E-state index contributed by atoms with van der Waals surface area (Å²) in [6, 6.07) is 21.4. The van der Waals surface area contributed by atoms with Crippen LogP contribution in [0.3, 0.4) is 0 Å². The SMILES string of the molecule is COOSCCNCc1ccc(-c2ccc3ncnc(Nc4ccc(OCc5cccc(F)c5)c(Cl)c4)c3c2)o1. The minimum absolute atomic E-state index is 0.205. The van der Waals surface area contributed by atoms with Crippen LogP contribution in [0.2, 0.25) is 5.02 Å². The molecule has 0 amide bonds. The van der Waals surface area contributed by atoms with Crippen molar-refractivity contribution in [2.45, 2.75) is 13.2 Å². The molecule has 8 nitrogen and oxygen atoms in total. The van der Waals surface area contributed by atoms with Gasteiger partial charge in [-0.2, -0.15) is 4.33 Å². The van der Waals surface area contributed by atoms with Crippen LogP contribution >= 0.6 is 23.6 Å². The minimum atomic E-state index is -0.309. The van der Waals surface area contributed by atoms with E-state index < -0.39 is 0 Å². The minimum Gasteiger partial charge on any atom is -0.487 e. The Bertz CT molecular complexity index is 1590. The van der Waals surface area contributed by atoms with E-state index in [0.717, 1.165) is 46.0 Å². The lowest BCUT2D eigenvalue weighted by atomic mass is 10.1. The Morgan fingerprint density at radius 1 is 1.02 bits per heavy atom. The number of nitrogens with zero attached hydrogens (tertiary/aromatic N) is 2. The molecule has 0 aliphatic heterocycles. The zero-order valence-corrected chi connectivity index (χ0v) is 23.1. The quantitative estimate of drug-likeness (QED) is 0.0643. The Hall–Kier alpha value is -3.67. The topological polar surface area (TPSA) is 90.7 Å². The van der Waals surface area contributed by atoms with Gasteiger partial charge < -0.3 is 19.8 Å². The lowest BCUT2D eigenvalue weighted by Gasteiger charge is -2.12. The van der Waals surface area contributed by atoms with Crippen LogP contribution in [0.25, 0.3) is 22.2 Å². The summed E-state index contributed by atoms with van der Waals surface area (Å²) in [5.74, 6) is 3.13. The highest BCUT2D eigenvalue weighted by Crippen LogP contribution is 2.32. The highest BCUT2D eigenvalue weighted by atomic mass is 35.5. The third-order valence-electron chi connectivity index (χ3n) is 5.84. The van der Waals surface area contributed by atoms with E-state index in [1.807, 2.05) is 36.4 Å². The van der Waals surface area contributed by atoms with Crippen LogP contribution in [-0.4, -0.2) is 29.4 Å². The third kappa shape index (κ3) is 7.29. The first-order valence-electron chi connectivity index (χ1n) is 12.4. The Morgan fingerprint density at radius 2 is 1.95 bits per heavy atom. The van der Waals surface area contributed by atoms with Crippen LogP contribution in [0.1, 0.15) is 11.3 Å². The van der Waals surface area contributed by atoms with Crippen LogP contribution in [0.15, 0.2) is 83.5 Å². The number of hydrogen-bond donors (Lipinski definition) is 2. The van der Waals surface area contributed by atoms with Gasteiger partial charge in [0.2, 0.25) is 0 Å². The van der Waals surface area contributed by atoms with E-state index in [1.54, 1.807) is 24.3 Å². The molecule has 0 unspecified atom stereocenters. The summed E-state index contributed by atoms with van der Waals surface area (Å²) in [7, 11) is 1.48. The number of fused-ring (bicyclic) bond motifs is 1. The van der Waals surface area contributed by atoms with Crippen LogP contribution in [0, 0.1) is 5.82 Å². The summed E-state index contributed by atoms with van der Waals surface area (Å²) < 4.78 is 30.1. The average Bonchev–Trinajstić information content (AvgIpc) is 3.43. The molecule has 3 aromatic carbocycles. The maximum absolute atomic E-state index is 13.4. The number of benzene rings is 3. The van der Waals surface area contributed by atoms with Crippen molar-refractivity contribution in [3.63, 3.8) is 0 Å². The lowest BCUT2D eigenvalue weighted by molar-refractivity contribution is -0.160. The number of nitrogens with one attached hydrogen (secondary N) is 2. The number of furan rings is 1. The fraction of sp³-hybridized carbons (Fsp3) is 0.172. The molecular formula is C29H26ClFN4O4S. The molecule has 0 atom stereocenters. The van der Waals surface area contributed by atoms with E-state index in [9.17, 15) is 4.39 Å². The van der Waals surface area contributed by atoms with Crippen LogP contribution in [0.5, 0.6) is 5.75 Å². The number of halogens is 2. The number of aromatic nitrogens is 2. The molecule has 0 saturated carbocycles. The van der Waals surface area contributed by atoms with Crippen molar-refractivity contribution in [2.24, 2.45) is 0 Å². The normalized spacial score (nSPS) is 11.2. The number of ether oxygens (including phenoxy) is 1. The van der Waals surface area contributed by atoms with Crippen molar-refractivity contribution in [3.05, 3.63) is 101 Å². The van der Waals surface area contributed by atoms with Crippen molar-refractivity contribution < 1.29 is 22.8 Å². The summed E-state index contributed by atoms with van der Waals surface area (Å²) in [6.07, 6.45) is 1.51. The maximum atomic E-state index is 13.4. The van der Waals surface area contributed by atoms with Crippen LogP contribution < -0.4 is 15.4 Å². The van der Waals surface area contributed by atoms with Gasteiger partial charge in [-0.25, -0.2) is 19.2 Å². The van der Waals surface area contributed by atoms with Crippen molar-refractivity contribution in [2.75, 3.05) is 24.7 Å². The highest BCUT2D eigenvalue weighted by molar-refractivity contribution is 7.94. The Morgan fingerprint density at radius 3 is 2.80 bits per heavy atom. The smallest absolute Gasteiger partial charge is 0.141 e. The molecule has 2 aromatic heterocycles. The number of hydrogen-bond acceptors (Lipinski definition) is 9. The van der Waals surface area contributed by atoms with E-state index in [2.05, 4.69) is 25.5 Å². The van der Waals surface area contributed by atoms with Gasteiger partial charge in [-0.05, 0) is 66.2 Å². The first-order valence-corrected chi connectivity index (χ1v) is 13.7. The Labute approximate surface area is 240 Å². The molecule has 2 heterocycles. The van der Waals surface area contributed by atoms with Crippen molar-refractivity contribution >= 4 is 46.1 Å². The predicted octanol–water partition coefficient (Wildman–Crippen LogP) is 7.32. The summed E-state index contributed by atoms with van der Waals surface area (Å²) in [5, 5.41) is 7.88. The largest absolute Gasteiger partial charge is 0.487 e. The van der Waals surface area contributed by atoms with Gasteiger partial charge in [0.25, 0.3) is 0 Å². The Kier molecular flexibility index (Phi) is 9.48. The molecule has 2 N–H and O–H groups in total. The molecule has 0 spiro atoms. The van der Waals surface area contributed by atoms with Crippen molar-refractivity contribution in [1.29, 1.82) is 0 Å². The van der Waals surface area contributed by atoms with Crippen LogP contribution in [-0.2, 0) is 22.4 Å². The van der Waals surface area contributed by atoms with Gasteiger partial charge in [0.15, 0.2) is 0 Å². The molecule has 0 saturated heterocycles. The fourth-order valence-electron chi connectivity index (χ4n) is 3.97. The Balaban J connectivity index is 1.27. The monoisotopic (exact) mass is 580 g/mol. The van der Waals surface area contributed by atoms with Gasteiger partial charge in [-0.3, -0.25) is 0 Å². The van der Waals surface area contributed by atoms with Crippen LogP contribution in [0.4, 0.5) is 15.9 Å². The zero-order chi connectivity index (χ0) is 27.7. The van der Waals surface area contributed by atoms with Crippen molar-refractivity contribution in [1.82, 2.24) is 15.3 Å². The maximum Gasteiger partial charge on any atom is 0.141 e. The van der Waals surface area contributed by atoms with Gasteiger partial charge in [0, 0.05) is 41.0 Å². The summed E-state index contributed by atoms with van der Waals surface area (Å²) >= 11 is 7.72. The van der Waals surface area contributed by atoms with Gasteiger partial charge in [0.05, 0.1) is 24.2 Å². The second-order valence-electron chi connectivity index (χ2n) is 8.64. The fourth-order valence-corrected chi connectivity index (χ4v) is 4.59. The molecule has 5 aromatic rings. The van der Waals surface area contributed by atoms with E-state index in [4.69, 9.17) is 25.1 Å². The molecule has 0 aliphatic rings. The third-order valence-corrected chi connectivity index (χ3v) is 6.74. The molecule has 0 aliphatic carbocycles. The van der Waals surface area contributed by atoms with E-state index in [1.165, 1.54) is 37.6 Å². The molecule has 0 bridgehead atoms. The predicted molar refractivity (Wildman–Crippen MR) is 155 cm³/mol. The van der Waals surface area contributed by atoms with Crippen molar-refractivity contribution in [3.8, 4) is 17.1 Å². The average molecular weight is 581 g/mol. The molecular weight excluding hydrogens is 555 g/mol. The highest BCUT2D eigenvalue weighted by Gasteiger charge is 2.11. The van der Waals surface area contributed by atoms with E-state index in [-0.39, 0.29) is 12.4 Å². The summed E-state index contributed by atoms with van der Waals surface area (Å²) in [5.41, 5.74) is 3.13. The molecule has 0 radical (unpaired) electrons. The van der Waals surface area contributed by atoms with Gasteiger partial charge in [-0.15, -0.1) is 0 Å². The standard InChI is InChI=1S/C29H26ClFN4O4S/c1-36-39-40-12-11-32-16-23-7-10-27(38-23)20-5-8-26-24(14-20)29(34-18-33-26)35-22-6-9-28(25(30)15-22)37-17-19-3-2-4-21(31)13-19/h2-10,13-15,18,32H,11-12,16-17H2,1H3,(H,33,34,35). The molecule has 206 valence electrons. The number of anilines is 2. The molecule has 40 heavy (non-hydrogen) atoms. The first kappa shape index (κ1) is 27.9.